The third-order valence-corrected chi connectivity index (χ3v) is 1.68. The normalized spacial score (nSPS) is 13.6. The molecule has 1 unspecified atom stereocenters. The van der Waals surface area contributed by atoms with Crippen LogP contribution >= 0.6 is 11.6 Å². The Balaban J connectivity index is 3.05. The Labute approximate surface area is 65.0 Å². The fourth-order valence-electron chi connectivity index (χ4n) is 0.770. The Kier molecular flexibility index (Phi) is 1.94. The Bertz CT molecular complexity index is 229. The Morgan fingerprint density at radius 1 is 1.50 bits per heavy atom. The van der Waals surface area contributed by atoms with Crippen molar-refractivity contribution >= 4 is 11.6 Å². The molecular formula is C6H10ClN3. The highest BCUT2D eigenvalue weighted by atomic mass is 35.5. The van der Waals surface area contributed by atoms with E-state index in [0.717, 1.165) is 11.6 Å². The van der Waals surface area contributed by atoms with Gasteiger partial charge in [-0.1, -0.05) is 0 Å². The van der Waals surface area contributed by atoms with Gasteiger partial charge in [0.2, 0.25) is 0 Å². The zero-order valence-electron chi connectivity index (χ0n) is 6.30. The van der Waals surface area contributed by atoms with Crippen molar-refractivity contribution < 1.29 is 0 Å². The van der Waals surface area contributed by atoms with E-state index in [2.05, 4.69) is 10.2 Å². The molecule has 56 valence electrons. The second-order valence-corrected chi connectivity index (χ2v) is 2.94. The Hall–Kier alpha value is -0.570. The lowest BCUT2D eigenvalue weighted by atomic mass is 10.4. The van der Waals surface area contributed by atoms with Crippen molar-refractivity contribution in [2.45, 2.75) is 19.2 Å². The molecule has 0 aliphatic rings. The van der Waals surface area contributed by atoms with Crippen molar-refractivity contribution in [1.29, 1.82) is 0 Å². The molecule has 0 aromatic carbocycles. The zero-order valence-corrected chi connectivity index (χ0v) is 7.05. The Morgan fingerprint density at radius 2 is 2.10 bits per heavy atom. The highest BCUT2D eigenvalue weighted by molar-refractivity contribution is 6.20. The first-order valence-corrected chi connectivity index (χ1v) is 3.56. The lowest BCUT2D eigenvalue weighted by Gasteiger charge is -2.00. The van der Waals surface area contributed by atoms with E-state index in [0.29, 0.717) is 0 Å². The summed E-state index contributed by atoms with van der Waals surface area (Å²) in [6.45, 7) is 3.78. The molecule has 1 aromatic heterocycles. The summed E-state index contributed by atoms with van der Waals surface area (Å²) in [6, 6.07) is 0. The van der Waals surface area contributed by atoms with Crippen LogP contribution in [0.2, 0.25) is 0 Å². The van der Waals surface area contributed by atoms with Crippen LogP contribution < -0.4 is 0 Å². The molecule has 0 aliphatic heterocycles. The maximum atomic E-state index is 5.80. The molecular weight excluding hydrogens is 150 g/mol. The first-order valence-electron chi connectivity index (χ1n) is 3.13. The number of rotatable bonds is 1. The summed E-state index contributed by atoms with van der Waals surface area (Å²) in [5.41, 5.74) is 0. The largest absolute Gasteiger partial charge is 0.317 e. The summed E-state index contributed by atoms with van der Waals surface area (Å²) >= 11 is 5.80. The molecule has 0 spiro atoms. The highest BCUT2D eigenvalue weighted by Crippen LogP contribution is 2.15. The summed E-state index contributed by atoms with van der Waals surface area (Å²) in [7, 11) is 1.91. The predicted molar refractivity (Wildman–Crippen MR) is 40.0 cm³/mol. The molecule has 0 saturated carbocycles. The molecule has 1 atom stereocenters. The van der Waals surface area contributed by atoms with Gasteiger partial charge in [0, 0.05) is 7.05 Å². The monoisotopic (exact) mass is 159 g/mol. The van der Waals surface area contributed by atoms with Crippen LogP contribution in [0.3, 0.4) is 0 Å². The van der Waals surface area contributed by atoms with E-state index in [9.17, 15) is 0 Å². The fraction of sp³-hybridized carbons (Fsp3) is 0.667. The minimum absolute atomic E-state index is 0.0637. The van der Waals surface area contributed by atoms with E-state index in [1.165, 1.54) is 0 Å². The summed E-state index contributed by atoms with van der Waals surface area (Å²) < 4.78 is 1.89. The zero-order chi connectivity index (χ0) is 7.72. The molecule has 0 aliphatic carbocycles. The van der Waals surface area contributed by atoms with E-state index in [4.69, 9.17) is 11.6 Å². The minimum atomic E-state index is -0.0637. The van der Waals surface area contributed by atoms with Crippen LogP contribution in [-0.4, -0.2) is 14.8 Å². The predicted octanol–water partition coefficient (Wildman–Crippen LogP) is 1.42. The number of aromatic nitrogens is 3. The van der Waals surface area contributed by atoms with Gasteiger partial charge in [0.15, 0.2) is 5.82 Å². The minimum Gasteiger partial charge on any atom is -0.317 e. The average Bonchev–Trinajstić information content (AvgIpc) is 2.14. The SMILES string of the molecule is Cc1nnc(C(C)Cl)n1C. The summed E-state index contributed by atoms with van der Waals surface area (Å²) in [5.74, 6) is 1.71. The van der Waals surface area contributed by atoms with Gasteiger partial charge in [0.05, 0.1) is 5.38 Å². The van der Waals surface area contributed by atoms with Crippen molar-refractivity contribution in [2.75, 3.05) is 0 Å². The number of hydrogen-bond acceptors (Lipinski definition) is 2. The van der Waals surface area contributed by atoms with Gasteiger partial charge in [-0.15, -0.1) is 21.8 Å². The highest BCUT2D eigenvalue weighted by Gasteiger charge is 2.09. The first-order chi connectivity index (χ1) is 4.63. The lowest BCUT2D eigenvalue weighted by Crippen LogP contribution is -1.99. The average molecular weight is 160 g/mol. The van der Waals surface area contributed by atoms with Crippen LogP contribution in [0.4, 0.5) is 0 Å². The third-order valence-electron chi connectivity index (χ3n) is 1.48. The summed E-state index contributed by atoms with van der Waals surface area (Å²) in [6.07, 6.45) is 0. The molecule has 1 rings (SSSR count). The molecule has 1 heterocycles. The molecule has 0 fully saturated rings. The smallest absolute Gasteiger partial charge is 0.150 e. The molecule has 0 bridgehead atoms. The topological polar surface area (TPSA) is 30.7 Å². The van der Waals surface area contributed by atoms with Gasteiger partial charge in [0.1, 0.15) is 5.82 Å². The summed E-state index contributed by atoms with van der Waals surface area (Å²) in [4.78, 5) is 0. The van der Waals surface area contributed by atoms with E-state index >= 15 is 0 Å². The standard InChI is InChI=1S/C6H10ClN3/c1-4(7)6-9-8-5(2)10(6)3/h4H,1-3H3. The van der Waals surface area contributed by atoms with Gasteiger partial charge >= 0.3 is 0 Å². The van der Waals surface area contributed by atoms with Crippen molar-refractivity contribution in [2.24, 2.45) is 7.05 Å². The summed E-state index contributed by atoms with van der Waals surface area (Å²) in [5, 5.41) is 7.70. The van der Waals surface area contributed by atoms with Gasteiger partial charge in [-0.3, -0.25) is 0 Å². The van der Waals surface area contributed by atoms with E-state index < -0.39 is 0 Å². The van der Waals surface area contributed by atoms with Crippen LogP contribution in [0.15, 0.2) is 0 Å². The van der Waals surface area contributed by atoms with Gasteiger partial charge in [-0.25, -0.2) is 0 Å². The van der Waals surface area contributed by atoms with Gasteiger partial charge in [0.25, 0.3) is 0 Å². The first kappa shape index (κ1) is 7.54. The molecule has 0 saturated heterocycles. The van der Waals surface area contributed by atoms with Crippen LogP contribution in [0.5, 0.6) is 0 Å². The fourth-order valence-corrected chi connectivity index (χ4v) is 0.960. The van der Waals surface area contributed by atoms with E-state index in [1.807, 2.05) is 25.5 Å². The third kappa shape index (κ3) is 1.14. The molecule has 0 N–H and O–H groups in total. The van der Waals surface area contributed by atoms with Crippen molar-refractivity contribution in [3.8, 4) is 0 Å². The maximum Gasteiger partial charge on any atom is 0.150 e. The second kappa shape index (κ2) is 2.58. The Morgan fingerprint density at radius 3 is 2.30 bits per heavy atom. The quantitative estimate of drug-likeness (QED) is 0.581. The molecule has 10 heavy (non-hydrogen) atoms. The second-order valence-electron chi connectivity index (χ2n) is 2.28. The number of alkyl halides is 1. The van der Waals surface area contributed by atoms with E-state index in [1.54, 1.807) is 0 Å². The number of halogens is 1. The van der Waals surface area contributed by atoms with Crippen LogP contribution in [0.1, 0.15) is 23.9 Å². The van der Waals surface area contributed by atoms with Gasteiger partial charge in [-0.05, 0) is 13.8 Å². The molecule has 4 heteroatoms. The van der Waals surface area contributed by atoms with Crippen LogP contribution in [-0.2, 0) is 7.05 Å². The molecule has 0 radical (unpaired) electrons. The van der Waals surface area contributed by atoms with Crippen molar-refractivity contribution in [3.63, 3.8) is 0 Å². The maximum absolute atomic E-state index is 5.80. The molecule has 3 nitrogen and oxygen atoms in total. The van der Waals surface area contributed by atoms with Gasteiger partial charge in [-0.2, -0.15) is 0 Å². The molecule has 0 amide bonds. The van der Waals surface area contributed by atoms with E-state index in [-0.39, 0.29) is 5.38 Å². The number of hydrogen-bond donors (Lipinski definition) is 0. The van der Waals surface area contributed by atoms with Gasteiger partial charge < -0.3 is 4.57 Å². The number of nitrogens with zero attached hydrogens (tertiary/aromatic N) is 3. The van der Waals surface area contributed by atoms with Crippen molar-refractivity contribution in [3.05, 3.63) is 11.6 Å². The van der Waals surface area contributed by atoms with Crippen molar-refractivity contribution in [1.82, 2.24) is 14.8 Å². The van der Waals surface area contributed by atoms with Crippen LogP contribution in [0.25, 0.3) is 0 Å². The number of aryl methyl sites for hydroxylation is 1. The van der Waals surface area contributed by atoms with Crippen LogP contribution in [0, 0.1) is 6.92 Å². The lowest BCUT2D eigenvalue weighted by molar-refractivity contribution is 0.772. The molecule has 1 aromatic rings.